The average molecular weight is 312 g/mol. The minimum Gasteiger partial charge on any atom is -0.397 e. The number of aromatic nitrogens is 3. The Hall–Kier alpha value is -1.73. The van der Waals surface area contributed by atoms with Crippen LogP contribution in [-0.2, 0) is 4.79 Å². The summed E-state index contributed by atoms with van der Waals surface area (Å²) in [5, 5.41) is 10.2. The molecule has 2 aromatic rings. The van der Waals surface area contributed by atoms with E-state index >= 15 is 0 Å². The number of nitrogens with two attached hydrogens (primary N) is 1. The first-order chi connectivity index (χ1) is 9.45. The van der Waals surface area contributed by atoms with Crippen molar-refractivity contribution < 1.29 is 4.79 Å². The van der Waals surface area contributed by atoms with Crippen LogP contribution in [0, 0.1) is 6.92 Å². The Balaban J connectivity index is 1.98. The number of aryl methyl sites for hydroxylation is 1. The average Bonchev–Trinajstić information content (AvgIpc) is 2.79. The minimum atomic E-state index is -0.331. The van der Waals surface area contributed by atoms with Crippen molar-refractivity contribution in [2.24, 2.45) is 0 Å². The molecule has 1 atom stereocenters. The number of rotatable bonds is 4. The highest BCUT2D eigenvalue weighted by Crippen LogP contribution is 2.24. The number of carbonyl (C=O) groups is 1. The van der Waals surface area contributed by atoms with Crippen molar-refractivity contribution in [2.45, 2.75) is 24.3 Å². The molecule has 1 amide bonds. The number of benzene rings is 1. The van der Waals surface area contributed by atoms with Gasteiger partial charge in [-0.1, -0.05) is 23.4 Å². The molecule has 1 heterocycles. The number of carbonyl (C=O) groups excluding carboxylic acids is 1. The van der Waals surface area contributed by atoms with Crippen LogP contribution in [0.15, 0.2) is 23.4 Å². The molecule has 0 fully saturated rings. The number of hydrogen-bond donors (Lipinski definition) is 3. The van der Waals surface area contributed by atoms with Crippen LogP contribution < -0.4 is 11.1 Å². The van der Waals surface area contributed by atoms with Crippen LogP contribution in [0.3, 0.4) is 0 Å². The monoisotopic (exact) mass is 311 g/mol. The van der Waals surface area contributed by atoms with Crippen molar-refractivity contribution in [3.8, 4) is 0 Å². The quantitative estimate of drug-likeness (QED) is 0.595. The third-order valence-corrected chi connectivity index (χ3v) is 3.80. The fourth-order valence-corrected chi connectivity index (χ4v) is 2.34. The van der Waals surface area contributed by atoms with Gasteiger partial charge in [-0.2, -0.15) is 0 Å². The van der Waals surface area contributed by atoms with Crippen LogP contribution >= 0.6 is 23.4 Å². The summed E-state index contributed by atoms with van der Waals surface area (Å²) in [6, 6.07) is 4.96. The Labute approximate surface area is 125 Å². The number of H-pyrrole nitrogens is 1. The summed E-state index contributed by atoms with van der Waals surface area (Å²) in [5.41, 5.74) is 6.72. The van der Waals surface area contributed by atoms with E-state index in [-0.39, 0.29) is 11.2 Å². The molecule has 0 saturated heterocycles. The van der Waals surface area contributed by atoms with Gasteiger partial charge in [0.1, 0.15) is 5.82 Å². The molecule has 8 heteroatoms. The lowest BCUT2D eigenvalue weighted by Gasteiger charge is -2.11. The van der Waals surface area contributed by atoms with E-state index in [4.69, 9.17) is 17.3 Å². The standard InChI is InChI=1S/C12H14ClN5OS/c1-6(20-12-15-7(2)17-18-12)11(19)16-8-3-4-9(13)10(14)5-8/h3-6H,14H2,1-2H3,(H,16,19)(H,15,17,18). The molecule has 2 rings (SSSR count). The fourth-order valence-electron chi connectivity index (χ4n) is 1.45. The zero-order valence-corrected chi connectivity index (χ0v) is 12.5. The van der Waals surface area contributed by atoms with Crippen molar-refractivity contribution in [3.63, 3.8) is 0 Å². The number of thioether (sulfide) groups is 1. The van der Waals surface area contributed by atoms with Gasteiger partial charge in [0.2, 0.25) is 11.1 Å². The predicted molar refractivity (Wildman–Crippen MR) is 80.9 cm³/mol. The van der Waals surface area contributed by atoms with Gasteiger partial charge in [-0.15, -0.1) is 5.10 Å². The first-order valence-electron chi connectivity index (χ1n) is 5.87. The molecular weight excluding hydrogens is 298 g/mol. The number of nitrogen functional groups attached to an aromatic ring is 1. The minimum absolute atomic E-state index is 0.154. The van der Waals surface area contributed by atoms with E-state index in [9.17, 15) is 4.79 Å². The third kappa shape index (κ3) is 3.64. The Morgan fingerprint density at radius 1 is 1.55 bits per heavy atom. The highest BCUT2D eigenvalue weighted by Gasteiger charge is 2.17. The van der Waals surface area contributed by atoms with Gasteiger partial charge < -0.3 is 11.1 Å². The predicted octanol–water partition coefficient (Wildman–Crippen LogP) is 2.47. The van der Waals surface area contributed by atoms with E-state index in [0.29, 0.717) is 27.4 Å². The van der Waals surface area contributed by atoms with Gasteiger partial charge in [0.05, 0.1) is 16.0 Å². The lowest BCUT2D eigenvalue weighted by molar-refractivity contribution is -0.115. The number of aromatic amines is 1. The zero-order chi connectivity index (χ0) is 14.7. The number of anilines is 2. The summed E-state index contributed by atoms with van der Waals surface area (Å²) in [5.74, 6) is 0.560. The lowest BCUT2D eigenvalue weighted by atomic mass is 10.2. The normalized spacial score (nSPS) is 12.2. The summed E-state index contributed by atoms with van der Waals surface area (Å²) in [6.07, 6.45) is 0. The van der Waals surface area contributed by atoms with E-state index in [1.165, 1.54) is 11.8 Å². The molecular formula is C12H14ClN5OS. The Bertz CT molecular complexity index is 630. The number of halogens is 1. The second-order valence-corrected chi connectivity index (χ2v) is 5.90. The van der Waals surface area contributed by atoms with E-state index in [1.54, 1.807) is 32.0 Å². The van der Waals surface area contributed by atoms with Gasteiger partial charge in [0.15, 0.2) is 0 Å². The Morgan fingerprint density at radius 2 is 2.30 bits per heavy atom. The van der Waals surface area contributed by atoms with E-state index < -0.39 is 0 Å². The van der Waals surface area contributed by atoms with Crippen LogP contribution in [0.1, 0.15) is 12.7 Å². The fraction of sp³-hybridized carbons (Fsp3) is 0.250. The maximum atomic E-state index is 12.0. The van der Waals surface area contributed by atoms with Gasteiger partial charge >= 0.3 is 0 Å². The van der Waals surface area contributed by atoms with E-state index in [0.717, 1.165) is 0 Å². The van der Waals surface area contributed by atoms with Crippen molar-refractivity contribution in [1.82, 2.24) is 15.2 Å². The number of nitrogens with one attached hydrogen (secondary N) is 2. The molecule has 1 aromatic heterocycles. The van der Waals surface area contributed by atoms with Crippen LogP contribution in [0.4, 0.5) is 11.4 Å². The summed E-state index contributed by atoms with van der Waals surface area (Å²) >= 11 is 7.10. The van der Waals surface area contributed by atoms with Crippen molar-refractivity contribution in [3.05, 3.63) is 29.0 Å². The summed E-state index contributed by atoms with van der Waals surface area (Å²) in [7, 11) is 0. The molecule has 106 valence electrons. The van der Waals surface area contributed by atoms with Crippen LogP contribution in [0.25, 0.3) is 0 Å². The van der Waals surface area contributed by atoms with Gasteiger partial charge in [0, 0.05) is 5.69 Å². The Morgan fingerprint density at radius 3 is 2.90 bits per heavy atom. The summed E-state index contributed by atoms with van der Waals surface area (Å²) < 4.78 is 0. The molecule has 1 unspecified atom stereocenters. The molecule has 0 aliphatic carbocycles. The second-order valence-electron chi connectivity index (χ2n) is 4.19. The van der Waals surface area contributed by atoms with Crippen LogP contribution in [0.5, 0.6) is 0 Å². The third-order valence-electron chi connectivity index (χ3n) is 2.49. The van der Waals surface area contributed by atoms with Crippen LogP contribution in [0.2, 0.25) is 5.02 Å². The summed E-state index contributed by atoms with van der Waals surface area (Å²) in [4.78, 5) is 16.2. The molecule has 0 aliphatic rings. The van der Waals surface area contributed by atoms with E-state index in [1.807, 2.05) is 0 Å². The topological polar surface area (TPSA) is 96.7 Å². The Kier molecular flexibility index (Phi) is 4.51. The van der Waals surface area contributed by atoms with Gasteiger partial charge in [0.25, 0.3) is 0 Å². The lowest BCUT2D eigenvalue weighted by Crippen LogP contribution is -2.22. The van der Waals surface area contributed by atoms with Gasteiger partial charge in [-0.25, -0.2) is 4.98 Å². The van der Waals surface area contributed by atoms with Gasteiger partial charge in [-0.05, 0) is 32.0 Å². The molecule has 4 N–H and O–H groups in total. The highest BCUT2D eigenvalue weighted by atomic mass is 35.5. The molecule has 20 heavy (non-hydrogen) atoms. The molecule has 6 nitrogen and oxygen atoms in total. The van der Waals surface area contributed by atoms with Gasteiger partial charge in [-0.3, -0.25) is 9.89 Å². The molecule has 0 aliphatic heterocycles. The second kappa shape index (κ2) is 6.15. The SMILES string of the molecule is Cc1nc(SC(C)C(=O)Nc2ccc(Cl)c(N)c2)n[nH]1. The zero-order valence-electron chi connectivity index (χ0n) is 11.0. The van der Waals surface area contributed by atoms with Crippen molar-refractivity contribution in [2.75, 3.05) is 11.1 Å². The summed E-state index contributed by atoms with van der Waals surface area (Å²) in [6.45, 7) is 3.59. The number of nitrogens with zero attached hydrogens (tertiary/aromatic N) is 2. The number of hydrogen-bond acceptors (Lipinski definition) is 5. The van der Waals surface area contributed by atoms with Crippen molar-refractivity contribution in [1.29, 1.82) is 0 Å². The molecule has 0 saturated carbocycles. The maximum Gasteiger partial charge on any atom is 0.237 e. The molecule has 0 radical (unpaired) electrons. The molecule has 0 bridgehead atoms. The van der Waals surface area contributed by atoms with Crippen molar-refractivity contribution >= 4 is 40.6 Å². The largest absolute Gasteiger partial charge is 0.397 e. The molecule has 0 spiro atoms. The van der Waals surface area contributed by atoms with E-state index in [2.05, 4.69) is 20.5 Å². The van der Waals surface area contributed by atoms with Crippen LogP contribution in [-0.4, -0.2) is 26.3 Å². The maximum absolute atomic E-state index is 12.0. The number of amides is 1. The molecule has 1 aromatic carbocycles. The first-order valence-corrected chi connectivity index (χ1v) is 7.13. The first kappa shape index (κ1) is 14.7. The highest BCUT2D eigenvalue weighted by molar-refractivity contribution is 8.00. The smallest absolute Gasteiger partial charge is 0.237 e.